The molecule has 0 aliphatic carbocycles. The van der Waals surface area contributed by atoms with E-state index in [1.54, 1.807) is 17.9 Å². The molecular weight excluding hydrogens is 442 g/mol. The van der Waals surface area contributed by atoms with E-state index < -0.39 is 5.97 Å². The number of nitrogens with one attached hydrogen (secondary N) is 1. The van der Waals surface area contributed by atoms with E-state index in [0.29, 0.717) is 37.8 Å². The number of hydrogen-bond acceptors (Lipinski definition) is 7. The summed E-state index contributed by atoms with van der Waals surface area (Å²) in [5.74, 6) is 0.248. The van der Waals surface area contributed by atoms with Crippen molar-refractivity contribution in [1.29, 1.82) is 0 Å². The molecular formula is C19H20BrN5O4. The van der Waals surface area contributed by atoms with Crippen LogP contribution in [0.3, 0.4) is 0 Å². The van der Waals surface area contributed by atoms with Gasteiger partial charge in [0.05, 0.1) is 12.1 Å². The van der Waals surface area contributed by atoms with Crippen LogP contribution in [0.25, 0.3) is 11.0 Å². The Morgan fingerprint density at radius 2 is 2.00 bits per heavy atom. The minimum absolute atomic E-state index is 0.0425. The molecule has 1 N–H and O–H groups in total. The summed E-state index contributed by atoms with van der Waals surface area (Å²) in [6, 6.07) is 3.99. The number of amides is 1. The fraction of sp³-hybridized carbons (Fsp3) is 0.368. The van der Waals surface area contributed by atoms with Crippen molar-refractivity contribution >= 4 is 44.9 Å². The number of aromatic amines is 1. The maximum absolute atomic E-state index is 13.0. The first-order valence-corrected chi connectivity index (χ1v) is 10.1. The van der Waals surface area contributed by atoms with Crippen molar-refractivity contribution in [1.82, 2.24) is 19.9 Å². The molecule has 1 fully saturated rings. The first-order valence-electron chi connectivity index (χ1n) is 9.29. The van der Waals surface area contributed by atoms with Crippen LogP contribution in [0.15, 0.2) is 27.3 Å². The van der Waals surface area contributed by atoms with Crippen LogP contribution in [0.2, 0.25) is 0 Å². The van der Waals surface area contributed by atoms with Crippen LogP contribution in [0, 0.1) is 6.92 Å². The third kappa shape index (κ3) is 3.84. The number of imidazole rings is 1. The molecule has 1 aromatic carbocycles. The van der Waals surface area contributed by atoms with Crippen LogP contribution in [0.4, 0.5) is 6.01 Å². The molecule has 152 valence electrons. The van der Waals surface area contributed by atoms with Gasteiger partial charge in [0.15, 0.2) is 5.69 Å². The summed E-state index contributed by atoms with van der Waals surface area (Å²) in [5.41, 5.74) is 2.38. The molecule has 0 saturated carbocycles. The Hall–Kier alpha value is -2.88. The second kappa shape index (κ2) is 7.86. The number of esters is 1. The molecule has 10 heteroatoms. The molecule has 0 unspecified atom stereocenters. The van der Waals surface area contributed by atoms with E-state index in [-0.39, 0.29) is 18.2 Å². The monoisotopic (exact) mass is 461 g/mol. The third-order valence-electron chi connectivity index (χ3n) is 4.72. The summed E-state index contributed by atoms with van der Waals surface area (Å²) in [5, 5.41) is 0. The van der Waals surface area contributed by atoms with Crippen molar-refractivity contribution in [3.05, 3.63) is 40.0 Å². The third-order valence-corrected chi connectivity index (χ3v) is 5.32. The van der Waals surface area contributed by atoms with Gasteiger partial charge in [-0.1, -0.05) is 0 Å². The van der Waals surface area contributed by atoms with Crippen molar-refractivity contribution in [3.63, 3.8) is 0 Å². The minimum Gasteiger partial charge on any atom is -0.461 e. The van der Waals surface area contributed by atoms with E-state index in [9.17, 15) is 9.59 Å². The quantitative estimate of drug-likeness (QED) is 0.595. The number of carbonyl (C=O) groups excluding carboxylic acids is 2. The van der Waals surface area contributed by atoms with E-state index in [0.717, 1.165) is 21.3 Å². The molecule has 1 saturated heterocycles. The summed E-state index contributed by atoms with van der Waals surface area (Å²) in [6.45, 7) is 6.05. The molecule has 0 atom stereocenters. The SMILES string of the molecule is CCOC(=O)c1coc(N2CCN(C(=O)c3cc(Br)c4nc(C)[nH]c4c3)CC2)n1. The fourth-order valence-corrected chi connectivity index (χ4v) is 3.86. The predicted octanol–water partition coefficient (Wildman–Crippen LogP) is 2.76. The van der Waals surface area contributed by atoms with Gasteiger partial charge in [-0.15, -0.1) is 0 Å². The zero-order chi connectivity index (χ0) is 20.5. The number of nitrogens with zero attached hydrogens (tertiary/aromatic N) is 4. The maximum atomic E-state index is 13.0. The number of piperazine rings is 1. The second-order valence-corrected chi connectivity index (χ2v) is 7.55. The molecule has 0 bridgehead atoms. The zero-order valence-corrected chi connectivity index (χ0v) is 17.7. The molecule has 1 aliphatic rings. The van der Waals surface area contributed by atoms with Crippen molar-refractivity contribution in [3.8, 4) is 0 Å². The topological polar surface area (TPSA) is 105 Å². The number of H-pyrrole nitrogens is 1. The van der Waals surface area contributed by atoms with Gasteiger partial charge >= 0.3 is 5.97 Å². The van der Waals surface area contributed by atoms with Gasteiger partial charge in [0.2, 0.25) is 0 Å². The van der Waals surface area contributed by atoms with E-state index in [1.165, 1.54) is 6.26 Å². The predicted molar refractivity (Wildman–Crippen MR) is 109 cm³/mol. The van der Waals surface area contributed by atoms with Gasteiger partial charge in [0.25, 0.3) is 11.9 Å². The van der Waals surface area contributed by atoms with Crippen molar-refractivity contribution in [2.45, 2.75) is 13.8 Å². The first-order chi connectivity index (χ1) is 14.0. The number of aryl methyl sites for hydroxylation is 1. The Bertz CT molecular complexity index is 1070. The van der Waals surface area contributed by atoms with E-state index in [4.69, 9.17) is 9.15 Å². The van der Waals surface area contributed by atoms with E-state index >= 15 is 0 Å². The lowest BCUT2D eigenvalue weighted by molar-refractivity contribution is 0.0519. The lowest BCUT2D eigenvalue weighted by Crippen LogP contribution is -2.49. The molecule has 1 amide bonds. The van der Waals surface area contributed by atoms with Gasteiger partial charge in [0.1, 0.15) is 17.6 Å². The zero-order valence-electron chi connectivity index (χ0n) is 16.1. The van der Waals surface area contributed by atoms with Gasteiger partial charge < -0.3 is 23.9 Å². The van der Waals surface area contributed by atoms with Crippen molar-refractivity contribution < 1.29 is 18.7 Å². The number of aromatic nitrogens is 3. The van der Waals surface area contributed by atoms with Crippen LogP contribution in [0.1, 0.15) is 33.6 Å². The molecule has 1 aliphatic heterocycles. The van der Waals surface area contributed by atoms with Crippen LogP contribution >= 0.6 is 15.9 Å². The molecule has 0 radical (unpaired) electrons. The Kier molecular flexibility index (Phi) is 5.27. The van der Waals surface area contributed by atoms with E-state index in [1.807, 2.05) is 17.9 Å². The number of anilines is 1. The summed E-state index contributed by atoms with van der Waals surface area (Å²) >= 11 is 3.50. The number of rotatable bonds is 4. The number of fused-ring (bicyclic) bond motifs is 1. The largest absolute Gasteiger partial charge is 0.461 e. The van der Waals surface area contributed by atoms with Crippen LogP contribution in [-0.2, 0) is 4.74 Å². The maximum Gasteiger partial charge on any atom is 0.360 e. The Labute approximate surface area is 175 Å². The lowest BCUT2D eigenvalue weighted by atomic mass is 10.1. The van der Waals surface area contributed by atoms with Gasteiger partial charge in [-0.3, -0.25) is 4.79 Å². The number of oxazole rings is 1. The average molecular weight is 462 g/mol. The molecule has 29 heavy (non-hydrogen) atoms. The number of ether oxygens (including phenoxy) is 1. The number of halogens is 1. The summed E-state index contributed by atoms with van der Waals surface area (Å²) < 4.78 is 11.1. The highest BCUT2D eigenvalue weighted by Crippen LogP contribution is 2.25. The summed E-state index contributed by atoms with van der Waals surface area (Å²) in [7, 11) is 0. The summed E-state index contributed by atoms with van der Waals surface area (Å²) in [6.07, 6.45) is 1.30. The molecule has 3 aromatic rings. The van der Waals surface area contributed by atoms with Gasteiger partial charge in [0, 0.05) is 36.2 Å². The highest BCUT2D eigenvalue weighted by atomic mass is 79.9. The van der Waals surface area contributed by atoms with Gasteiger partial charge in [-0.2, -0.15) is 4.98 Å². The normalized spacial score (nSPS) is 14.4. The minimum atomic E-state index is -0.508. The number of carbonyl (C=O) groups is 2. The van der Waals surface area contributed by atoms with Crippen molar-refractivity contribution in [2.24, 2.45) is 0 Å². The van der Waals surface area contributed by atoms with Gasteiger partial charge in [-0.05, 0) is 41.9 Å². The first kappa shape index (κ1) is 19.4. The van der Waals surface area contributed by atoms with Crippen molar-refractivity contribution in [2.75, 3.05) is 37.7 Å². The second-order valence-electron chi connectivity index (χ2n) is 6.69. The number of hydrogen-bond donors (Lipinski definition) is 1. The smallest absolute Gasteiger partial charge is 0.360 e. The van der Waals surface area contributed by atoms with Crippen LogP contribution in [0.5, 0.6) is 0 Å². The Balaban J connectivity index is 1.43. The molecule has 9 nitrogen and oxygen atoms in total. The fourth-order valence-electron chi connectivity index (χ4n) is 3.31. The van der Waals surface area contributed by atoms with E-state index in [2.05, 4.69) is 30.9 Å². The van der Waals surface area contributed by atoms with Gasteiger partial charge in [-0.25, -0.2) is 9.78 Å². The molecule has 3 heterocycles. The highest BCUT2D eigenvalue weighted by Gasteiger charge is 2.26. The summed E-state index contributed by atoms with van der Waals surface area (Å²) in [4.78, 5) is 40.2. The molecule has 0 spiro atoms. The standard InChI is InChI=1S/C19H20BrN5O4/c1-3-28-18(27)15-10-29-19(23-15)25-6-4-24(5-7-25)17(26)12-8-13(20)16-14(9-12)21-11(2)22-16/h8-10H,3-7H2,1-2H3,(H,21,22). The highest BCUT2D eigenvalue weighted by molar-refractivity contribution is 9.10. The molecule has 2 aromatic heterocycles. The molecule has 4 rings (SSSR count). The number of benzene rings is 1. The Morgan fingerprint density at radius 3 is 2.72 bits per heavy atom. The average Bonchev–Trinajstić information content (AvgIpc) is 3.34. The lowest BCUT2D eigenvalue weighted by Gasteiger charge is -2.33. The van der Waals surface area contributed by atoms with Crippen LogP contribution in [-0.4, -0.2) is 64.5 Å². The van der Waals surface area contributed by atoms with Crippen LogP contribution < -0.4 is 4.90 Å². The Morgan fingerprint density at radius 1 is 1.24 bits per heavy atom.